The summed E-state index contributed by atoms with van der Waals surface area (Å²) in [4.78, 5) is 13.4. The Hall–Kier alpha value is -2.14. The van der Waals surface area contributed by atoms with E-state index in [1.807, 2.05) is 0 Å². The third-order valence-corrected chi connectivity index (χ3v) is 2.47. The van der Waals surface area contributed by atoms with E-state index in [-0.39, 0.29) is 24.5 Å². The Kier molecular flexibility index (Phi) is 3.74. The summed E-state index contributed by atoms with van der Waals surface area (Å²) in [5.74, 6) is -0.715. The van der Waals surface area contributed by atoms with E-state index in [4.69, 9.17) is 10.2 Å². The third-order valence-electron chi connectivity index (χ3n) is 2.47. The lowest BCUT2D eigenvalue weighted by atomic mass is 10.2. The smallest absolute Gasteiger partial charge is 0.294 e. The number of carbonyl (C=O) groups is 1. The molecule has 18 heavy (non-hydrogen) atoms. The highest BCUT2D eigenvalue weighted by Gasteiger charge is 2.21. The van der Waals surface area contributed by atoms with Crippen LogP contribution in [0.1, 0.15) is 10.6 Å². The van der Waals surface area contributed by atoms with Crippen LogP contribution in [-0.4, -0.2) is 19.0 Å². The monoisotopic (exact) mass is 248 g/mol. The predicted molar refractivity (Wildman–Crippen MR) is 65.8 cm³/mol. The Labute approximate surface area is 104 Å². The van der Waals surface area contributed by atoms with Gasteiger partial charge in [0, 0.05) is 13.1 Å². The van der Waals surface area contributed by atoms with Gasteiger partial charge in [-0.2, -0.15) is 0 Å². The Morgan fingerprint density at radius 3 is 2.67 bits per heavy atom. The lowest BCUT2D eigenvalue weighted by Crippen LogP contribution is -2.35. The van der Waals surface area contributed by atoms with E-state index in [1.54, 1.807) is 18.2 Å². The number of amides is 1. The van der Waals surface area contributed by atoms with Crippen LogP contribution in [0.2, 0.25) is 0 Å². The number of nitrogens with zero attached hydrogens (tertiary/aromatic N) is 1. The van der Waals surface area contributed by atoms with E-state index in [9.17, 15) is 9.18 Å². The average molecular weight is 248 g/mol. The highest BCUT2D eigenvalue weighted by molar-refractivity contribution is 6.04. The van der Waals surface area contributed by atoms with E-state index in [0.717, 1.165) is 0 Å². The molecule has 0 saturated carbocycles. The first kappa shape index (κ1) is 12.3. The largest absolute Gasteiger partial charge is 0.459 e. The fourth-order valence-electron chi connectivity index (χ4n) is 1.66. The highest BCUT2D eigenvalue weighted by Crippen LogP contribution is 2.20. The Bertz CT molecular complexity index is 526. The zero-order chi connectivity index (χ0) is 13.0. The first-order valence-corrected chi connectivity index (χ1v) is 5.54. The van der Waals surface area contributed by atoms with Crippen molar-refractivity contribution in [2.24, 2.45) is 5.73 Å². The van der Waals surface area contributed by atoms with Crippen molar-refractivity contribution in [3.05, 3.63) is 54.2 Å². The van der Waals surface area contributed by atoms with Gasteiger partial charge in [-0.15, -0.1) is 0 Å². The fraction of sp³-hybridized carbons (Fsp3) is 0.154. The number of anilines is 1. The lowest BCUT2D eigenvalue weighted by molar-refractivity contribution is 0.0960. The summed E-state index contributed by atoms with van der Waals surface area (Å²) in [6, 6.07) is 9.20. The highest BCUT2D eigenvalue weighted by atomic mass is 19.1. The predicted octanol–water partition coefficient (Wildman–Crippen LogP) is 2.02. The van der Waals surface area contributed by atoms with Crippen LogP contribution in [0.4, 0.5) is 10.1 Å². The summed E-state index contributed by atoms with van der Waals surface area (Å²) in [6.45, 7) is 0.460. The Morgan fingerprint density at radius 1 is 1.28 bits per heavy atom. The maximum absolute atomic E-state index is 13.7. The molecule has 2 aromatic rings. The van der Waals surface area contributed by atoms with Gasteiger partial charge < -0.3 is 15.1 Å². The van der Waals surface area contributed by atoms with E-state index in [1.165, 1.54) is 29.4 Å². The van der Waals surface area contributed by atoms with Gasteiger partial charge in [0.25, 0.3) is 5.91 Å². The molecule has 0 fully saturated rings. The van der Waals surface area contributed by atoms with E-state index >= 15 is 0 Å². The van der Waals surface area contributed by atoms with Crippen molar-refractivity contribution < 1.29 is 13.6 Å². The summed E-state index contributed by atoms with van der Waals surface area (Å²) in [5, 5.41) is 0. The number of para-hydroxylation sites is 1. The zero-order valence-electron chi connectivity index (χ0n) is 9.67. The molecule has 0 bridgehead atoms. The first-order chi connectivity index (χ1) is 8.74. The average Bonchev–Trinajstić information content (AvgIpc) is 2.90. The standard InChI is InChI=1S/C13H13FN2O2/c14-10-4-1-2-5-11(10)16(8-7-15)13(17)12-6-3-9-18-12/h1-6,9H,7-8,15H2. The number of nitrogens with two attached hydrogens (primary N) is 1. The van der Waals surface area contributed by atoms with Crippen molar-refractivity contribution in [2.45, 2.75) is 0 Å². The number of rotatable bonds is 4. The number of benzene rings is 1. The second kappa shape index (κ2) is 5.46. The van der Waals surface area contributed by atoms with E-state index in [2.05, 4.69) is 0 Å². The molecule has 0 radical (unpaired) electrons. The number of hydrogen-bond acceptors (Lipinski definition) is 3. The van der Waals surface area contributed by atoms with Crippen molar-refractivity contribution in [3.63, 3.8) is 0 Å². The summed E-state index contributed by atoms with van der Waals surface area (Å²) in [6.07, 6.45) is 1.40. The molecule has 1 aromatic carbocycles. The molecule has 0 aliphatic heterocycles. The minimum absolute atomic E-state index is 0.159. The van der Waals surface area contributed by atoms with Gasteiger partial charge in [-0.1, -0.05) is 12.1 Å². The van der Waals surface area contributed by atoms with Crippen LogP contribution < -0.4 is 10.6 Å². The first-order valence-electron chi connectivity index (χ1n) is 5.54. The molecular formula is C13H13FN2O2. The molecule has 1 aromatic heterocycles. The number of halogens is 1. The maximum atomic E-state index is 13.7. The Balaban J connectivity index is 2.34. The molecular weight excluding hydrogens is 235 g/mol. The molecule has 0 atom stereocenters. The van der Waals surface area contributed by atoms with Gasteiger partial charge in [-0.05, 0) is 24.3 Å². The molecule has 94 valence electrons. The van der Waals surface area contributed by atoms with Gasteiger partial charge in [0.15, 0.2) is 5.76 Å². The van der Waals surface area contributed by atoms with E-state index < -0.39 is 11.7 Å². The Morgan fingerprint density at radius 2 is 2.06 bits per heavy atom. The van der Waals surface area contributed by atoms with Gasteiger partial charge in [-0.3, -0.25) is 4.79 Å². The fourth-order valence-corrected chi connectivity index (χ4v) is 1.66. The molecule has 1 amide bonds. The summed E-state index contributed by atoms with van der Waals surface area (Å²) < 4.78 is 18.7. The second-order valence-electron chi connectivity index (χ2n) is 3.67. The third kappa shape index (κ3) is 2.41. The van der Waals surface area contributed by atoms with Crippen LogP contribution in [0.15, 0.2) is 47.1 Å². The quantitative estimate of drug-likeness (QED) is 0.900. The van der Waals surface area contributed by atoms with Crippen LogP contribution in [0.3, 0.4) is 0 Å². The van der Waals surface area contributed by atoms with Crippen LogP contribution in [0, 0.1) is 5.82 Å². The van der Waals surface area contributed by atoms with E-state index in [0.29, 0.717) is 0 Å². The van der Waals surface area contributed by atoms with Crippen molar-refractivity contribution in [1.82, 2.24) is 0 Å². The van der Waals surface area contributed by atoms with Crippen LogP contribution >= 0.6 is 0 Å². The number of furan rings is 1. The molecule has 2 N–H and O–H groups in total. The van der Waals surface area contributed by atoms with Crippen molar-refractivity contribution in [1.29, 1.82) is 0 Å². The zero-order valence-corrected chi connectivity index (χ0v) is 9.67. The van der Waals surface area contributed by atoms with Gasteiger partial charge in [-0.25, -0.2) is 4.39 Å². The topological polar surface area (TPSA) is 59.5 Å². The number of carbonyl (C=O) groups excluding carboxylic acids is 1. The van der Waals surface area contributed by atoms with Crippen molar-refractivity contribution >= 4 is 11.6 Å². The molecule has 1 heterocycles. The minimum Gasteiger partial charge on any atom is -0.459 e. The molecule has 5 heteroatoms. The van der Waals surface area contributed by atoms with Crippen molar-refractivity contribution in [3.8, 4) is 0 Å². The number of hydrogen-bond donors (Lipinski definition) is 1. The van der Waals surface area contributed by atoms with Crippen LogP contribution in [0.5, 0.6) is 0 Å². The van der Waals surface area contributed by atoms with Crippen LogP contribution in [-0.2, 0) is 0 Å². The van der Waals surface area contributed by atoms with Gasteiger partial charge in [0.2, 0.25) is 0 Å². The normalized spacial score (nSPS) is 10.3. The molecule has 4 nitrogen and oxygen atoms in total. The molecule has 0 aliphatic rings. The molecule has 0 saturated heterocycles. The molecule has 0 aliphatic carbocycles. The molecule has 0 unspecified atom stereocenters. The van der Waals surface area contributed by atoms with Crippen LogP contribution in [0.25, 0.3) is 0 Å². The summed E-state index contributed by atoms with van der Waals surface area (Å²) in [7, 11) is 0. The molecule has 0 spiro atoms. The van der Waals surface area contributed by atoms with Crippen molar-refractivity contribution in [2.75, 3.05) is 18.0 Å². The SMILES string of the molecule is NCCN(C(=O)c1ccco1)c1ccccc1F. The van der Waals surface area contributed by atoms with Gasteiger partial charge >= 0.3 is 0 Å². The van der Waals surface area contributed by atoms with Gasteiger partial charge in [0.1, 0.15) is 5.82 Å². The summed E-state index contributed by atoms with van der Waals surface area (Å²) in [5.41, 5.74) is 5.66. The lowest BCUT2D eigenvalue weighted by Gasteiger charge is -2.21. The maximum Gasteiger partial charge on any atom is 0.294 e. The van der Waals surface area contributed by atoms with Gasteiger partial charge in [0.05, 0.1) is 12.0 Å². The summed E-state index contributed by atoms with van der Waals surface area (Å²) >= 11 is 0. The minimum atomic E-state index is -0.467. The second-order valence-corrected chi connectivity index (χ2v) is 3.67. The molecule has 2 rings (SSSR count).